The van der Waals surface area contributed by atoms with E-state index in [-0.39, 0.29) is 0 Å². The summed E-state index contributed by atoms with van der Waals surface area (Å²) in [6.45, 7) is 1.67. The van der Waals surface area contributed by atoms with Gasteiger partial charge in [-0.05, 0) is 71.1 Å². The zero-order chi connectivity index (χ0) is 32.3. The molecule has 3 heterocycles. The normalized spacial score (nSPS) is 11.8. The topological polar surface area (TPSA) is 25.5 Å². The molecular weight excluding hydrogens is 597 g/mol. The summed E-state index contributed by atoms with van der Waals surface area (Å²) in [4.78, 5) is 7.58. The van der Waals surface area contributed by atoms with E-state index in [1.54, 1.807) is 0 Å². The van der Waals surface area contributed by atoms with Crippen LogP contribution in [0.25, 0.3) is 65.8 Å². The number of hydrogen-bond acceptors (Lipinski definition) is 2. The monoisotopic (exact) mass is 628 g/mol. The lowest BCUT2D eigenvalue weighted by molar-refractivity contribution is 0.800. The van der Waals surface area contributed by atoms with Gasteiger partial charge in [0.15, 0.2) is 0 Å². The Balaban J connectivity index is 1.18. The van der Waals surface area contributed by atoms with Gasteiger partial charge in [0, 0.05) is 46.0 Å². The van der Waals surface area contributed by atoms with Crippen molar-refractivity contribution in [2.24, 2.45) is 0 Å². The van der Waals surface area contributed by atoms with Gasteiger partial charge in [0.05, 0.1) is 27.6 Å². The van der Waals surface area contributed by atoms with Gasteiger partial charge >= 0.3 is 0 Å². The van der Waals surface area contributed by atoms with Crippen LogP contribution in [-0.2, 0) is 13.1 Å². The van der Waals surface area contributed by atoms with Crippen molar-refractivity contribution < 1.29 is 0 Å². The minimum absolute atomic E-state index is 0.834. The van der Waals surface area contributed by atoms with Gasteiger partial charge in [-0.25, -0.2) is 4.98 Å². The molecule has 7 aromatic carbocycles. The molecule has 0 aliphatic rings. The van der Waals surface area contributed by atoms with Crippen LogP contribution in [0.1, 0.15) is 11.1 Å². The number of aromatic nitrogens is 3. The van der Waals surface area contributed by atoms with Gasteiger partial charge < -0.3 is 9.47 Å². The van der Waals surface area contributed by atoms with E-state index in [2.05, 4.69) is 184 Å². The lowest BCUT2D eigenvalue weighted by atomic mass is 10.0. The summed E-state index contributed by atoms with van der Waals surface area (Å²) >= 11 is 0. The van der Waals surface area contributed by atoms with Crippen LogP contribution in [0.4, 0.5) is 5.69 Å². The zero-order valence-electron chi connectivity index (χ0n) is 26.9. The Labute approximate surface area is 283 Å². The quantitative estimate of drug-likeness (QED) is 0.171. The number of benzene rings is 7. The summed E-state index contributed by atoms with van der Waals surface area (Å²) < 4.78 is 4.78. The average Bonchev–Trinajstić information content (AvgIpc) is 3.72. The Kier molecular flexibility index (Phi) is 6.28. The lowest BCUT2D eigenvalue weighted by Crippen LogP contribution is -2.22. The van der Waals surface area contributed by atoms with E-state index in [0.29, 0.717) is 0 Å². The fraction of sp³-hybridized carbons (Fsp3) is 0.0444. The summed E-state index contributed by atoms with van der Waals surface area (Å²) in [5, 5.41) is 6.16. The van der Waals surface area contributed by atoms with Crippen LogP contribution in [0, 0.1) is 0 Å². The smallest absolute Gasteiger partial charge is 0.146 e. The number of imidazole rings is 1. The van der Waals surface area contributed by atoms with E-state index in [1.807, 2.05) is 0 Å². The third-order valence-electron chi connectivity index (χ3n) is 9.96. The average molecular weight is 629 g/mol. The number of rotatable bonds is 6. The fourth-order valence-electron chi connectivity index (χ4n) is 7.79. The SMILES string of the molecule is c1ccc(CN(Cc2ccccc2)c2ccc(-n3c4ccccc4c4c5c6ccccc6c6nc7ccccc7n6c5ccc43)cc2)cc1. The number of nitrogens with zero attached hydrogens (tertiary/aromatic N) is 4. The van der Waals surface area contributed by atoms with Crippen LogP contribution in [-0.4, -0.2) is 14.0 Å². The third-order valence-corrected chi connectivity index (χ3v) is 9.96. The molecule has 232 valence electrons. The molecule has 0 unspecified atom stereocenters. The van der Waals surface area contributed by atoms with Crippen molar-refractivity contribution in [1.82, 2.24) is 14.0 Å². The van der Waals surface area contributed by atoms with Gasteiger partial charge in [-0.1, -0.05) is 115 Å². The second-order valence-electron chi connectivity index (χ2n) is 12.9. The van der Waals surface area contributed by atoms with Gasteiger partial charge in [-0.3, -0.25) is 4.40 Å². The largest absolute Gasteiger partial charge is 0.363 e. The zero-order valence-corrected chi connectivity index (χ0v) is 26.9. The van der Waals surface area contributed by atoms with Crippen molar-refractivity contribution in [2.75, 3.05) is 4.90 Å². The molecule has 3 aromatic heterocycles. The second kappa shape index (κ2) is 11.1. The Bertz CT molecular complexity index is 2770. The van der Waals surface area contributed by atoms with Gasteiger partial charge in [0.1, 0.15) is 5.65 Å². The molecule has 0 saturated carbocycles. The molecule has 0 atom stereocenters. The highest BCUT2D eigenvalue weighted by atomic mass is 15.1. The molecule has 10 rings (SSSR count). The minimum atomic E-state index is 0.834. The van der Waals surface area contributed by atoms with Crippen molar-refractivity contribution in [3.63, 3.8) is 0 Å². The first-order valence-corrected chi connectivity index (χ1v) is 16.9. The van der Waals surface area contributed by atoms with Gasteiger partial charge in [-0.2, -0.15) is 0 Å². The van der Waals surface area contributed by atoms with Gasteiger partial charge in [0.25, 0.3) is 0 Å². The standard InChI is InChI=1S/C45H32N4/c1-3-13-31(14-4-1)29-47(30-32-15-5-2-6-16-32)33-23-25-34(26-24-33)48-39-21-11-9-19-37(39)44-41(48)27-28-42-43(44)35-17-7-8-18-36(35)45-46-38-20-10-12-22-40(38)49(42)45/h1-28H,29-30H2. The Hall–Kier alpha value is -6.39. The maximum Gasteiger partial charge on any atom is 0.146 e. The highest BCUT2D eigenvalue weighted by molar-refractivity contribution is 6.29. The van der Waals surface area contributed by atoms with Crippen molar-refractivity contribution in [2.45, 2.75) is 13.1 Å². The summed E-state index contributed by atoms with van der Waals surface area (Å²) in [6, 6.07) is 61.2. The Morgan fingerprint density at radius 3 is 1.69 bits per heavy atom. The number of fused-ring (bicyclic) bond motifs is 12. The first-order valence-electron chi connectivity index (χ1n) is 16.9. The van der Waals surface area contributed by atoms with E-state index in [0.717, 1.165) is 40.8 Å². The van der Waals surface area contributed by atoms with Crippen LogP contribution >= 0.6 is 0 Å². The van der Waals surface area contributed by atoms with Crippen LogP contribution in [0.15, 0.2) is 170 Å². The van der Waals surface area contributed by atoms with Crippen LogP contribution < -0.4 is 4.90 Å². The molecule has 4 heteroatoms. The van der Waals surface area contributed by atoms with E-state index in [1.165, 1.54) is 54.9 Å². The molecule has 4 nitrogen and oxygen atoms in total. The Morgan fingerprint density at radius 1 is 0.429 bits per heavy atom. The summed E-state index contributed by atoms with van der Waals surface area (Å²) in [5.74, 6) is 0. The molecule has 0 radical (unpaired) electrons. The highest BCUT2D eigenvalue weighted by Crippen LogP contribution is 2.41. The van der Waals surface area contributed by atoms with Crippen LogP contribution in [0.5, 0.6) is 0 Å². The minimum Gasteiger partial charge on any atom is -0.363 e. The molecule has 0 aliphatic carbocycles. The maximum atomic E-state index is 5.12. The van der Waals surface area contributed by atoms with Crippen molar-refractivity contribution >= 4 is 65.8 Å². The van der Waals surface area contributed by atoms with Crippen LogP contribution in [0.3, 0.4) is 0 Å². The van der Waals surface area contributed by atoms with Crippen LogP contribution in [0.2, 0.25) is 0 Å². The highest BCUT2D eigenvalue weighted by Gasteiger charge is 2.20. The molecule has 0 bridgehead atoms. The fourth-order valence-corrected chi connectivity index (χ4v) is 7.79. The number of anilines is 1. The first kappa shape index (κ1) is 27.7. The molecule has 0 spiro atoms. The lowest BCUT2D eigenvalue weighted by Gasteiger charge is -2.26. The van der Waals surface area contributed by atoms with E-state index < -0.39 is 0 Å². The molecule has 0 saturated heterocycles. The molecular formula is C45H32N4. The van der Waals surface area contributed by atoms with Crippen molar-refractivity contribution in [1.29, 1.82) is 0 Å². The van der Waals surface area contributed by atoms with E-state index in [9.17, 15) is 0 Å². The molecule has 0 amide bonds. The summed E-state index contributed by atoms with van der Waals surface area (Å²) in [5.41, 5.74) is 11.6. The Morgan fingerprint density at radius 2 is 0.980 bits per heavy atom. The predicted octanol–water partition coefficient (Wildman–Crippen LogP) is 11.1. The molecule has 0 aliphatic heterocycles. The summed E-state index contributed by atoms with van der Waals surface area (Å²) in [6.07, 6.45) is 0. The van der Waals surface area contributed by atoms with Crippen molar-refractivity contribution in [3.8, 4) is 5.69 Å². The summed E-state index contributed by atoms with van der Waals surface area (Å²) in [7, 11) is 0. The second-order valence-corrected chi connectivity index (χ2v) is 12.9. The van der Waals surface area contributed by atoms with E-state index >= 15 is 0 Å². The third kappa shape index (κ3) is 4.41. The van der Waals surface area contributed by atoms with Gasteiger partial charge in [-0.15, -0.1) is 0 Å². The maximum absolute atomic E-state index is 5.12. The predicted molar refractivity (Wildman–Crippen MR) is 205 cm³/mol. The molecule has 49 heavy (non-hydrogen) atoms. The van der Waals surface area contributed by atoms with Gasteiger partial charge in [0.2, 0.25) is 0 Å². The molecule has 0 fully saturated rings. The number of hydrogen-bond donors (Lipinski definition) is 0. The molecule has 0 N–H and O–H groups in total. The van der Waals surface area contributed by atoms with Crippen molar-refractivity contribution in [3.05, 3.63) is 181 Å². The number of para-hydroxylation sites is 3. The van der Waals surface area contributed by atoms with E-state index in [4.69, 9.17) is 4.98 Å². The molecule has 10 aromatic rings. The number of pyridine rings is 1. The first-order chi connectivity index (χ1) is 24.3.